The number of rotatable bonds is 5. The highest BCUT2D eigenvalue weighted by molar-refractivity contribution is 5.92. The molecule has 0 bridgehead atoms. The lowest BCUT2D eigenvalue weighted by molar-refractivity contribution is 0.0943. The van der Waals surface area contributed by atoms with E-state index in [0.717, 1.165) is 11.5 Å². The zero-order chi connectivity index (χ0) is 13.0. The van der Waals surface area contributed by atoms with Crippen LogP contribution in [0.4, 0.5) is 0 Å². The molecule has 5 nitrogen and oxygen atoms in total. The van der Waals surface area contributed by atoms with Crippen molar-refractivity contribution in [2.45, 2.75) is 26.8 Å². The van der Waals surface area contributed by atoms with E-state index in [4.69, 9.17) is 4.42 Å². The molecule has 1 N–H and O–H groups in total. The Bertz CT molecular complexity index is 514. The van der Waals surface area contributed by atoms with E-state index < -0.39 is 0 Å². The van der Waals surface area contributed by atoms with Crippen molar-refractivity contribution in [3.63, 3.8) is 0 Å². The van der Waals surface area contributed by atoms with Gasteiger partial charge >= 0.3 is 0 Å². The quantitative estimate of drug-likeness (QED) is 0.876. The normalized spacial score (nSPS) is 10.6. The van der Waals surface area contributed by atoms with Crippen LogP contribution in [-0.4, -0.2) is 22.2 Å². The minimum Gasteiger partial charge on any atom is -0.469 e. The molecule has 0 radical (unpaired) electrons. The molecule has 1 amide bonds. The Labute approximate surface area is 106 Å². The third-order valence-electron chi connectivity index (χ3n) is 2.67. The Morgan fingerprint density at radius 2 is 2.39 bits per heavy atom. The minimum absolute atomic E-state index is 0.0935. The van der Waals surface area contributed by atoms with Crippen molar-refractivity contribution in [3.05, 3.63) is 41.6 Å². The van der Waals surface area contributed by atoms with E-state index in [1.165, 1.54) is 0 Å². The highest BCUT2D eigenvalue weighted by Crippen LogP contribution is 2.04. The van der Waals surface area contributed by atoms with Crippen LogP contribution >= 0.6 is 0 Å². The molecular formula is C13H17N3O2. The van der Waals surface area contributed by atoms with Gasteiger partial charge in [-0.3, -0.25) is 9.48 Å². The van der Waals surface area contributed by atoms with Gasteiger partial charge in [-0.2, -0.15) is 5.10 Å². The third kappa shape index (κ3) is 2.80. The largest absolute Gasteiger partial charge is 0.469 e. The standard InChI is InChI=1S/C13H17N3O2/c1-3-16-12(9-10(2)15-16)13(17)14-7-6-11-5-4-8-18-11/h4-5,8-9H,3,6-7H2,1-2H3,(H,14,17). The molecule has 0 saturated carbocycles. The summed E-state index contributed by atoms with van der Waals surface area (Å²) in [5, 5.41) is 7.11. The predicted molar refractivity (Wildman–Crippen MR) is 67.4 cm³/mol. The van der Waals surface area contributed by atoms with Gasteiger partial charge in [0.05, 0.1) is 12.0 Å². The molecule has 2 heterocycles. The molecule has 5 heteroatoms. The first-order chi connectivity index (χ1) is 8.70. The van der Waals surface area contributed by atoms with Gasteiger partial charge < -0.3 is 9.73 Å². The molecule has 0 aliphatic rings. The molecule has 0 unspecified atom stereocenters. The zero-order valence-corrected chi connectivity index (χ0v) is 10.6. The molecule has 96 valence electrons. The molecule has 0 aliphatic heterocycles. The van der Waals surface area contributed by atoms with Gasteiger partial charge in [0.1, 0.15) is 11.5 Å². The van der Waals surface area contributed by atoms with Crippen molar-refractivity contribution < 1.29 is 9.21 Å². The second-order valence-electron chi connectivity index (χ2n) is 4.07. The number of amides is 1. The van der Waals surface area contributed by atoms with Crippen molar-refractivity contribution in [3.8, 4) is 0 Å². The summed E-state index contributed by atoms with van der Waals surface area (Å²) in [6.07, 6.45) is 2.32. The maximum atomic E-state index is 12.0. The maximum Gasteiger partial charge on any atom is 0.269 e. The van der Waals surface area contributed by atoms with Crippen LogP contribution in [0.5, 0.6) is 0 Å². The van der Waals surface area contributed by atoms with Crippen LogP contribution in [0, 0.1) is 6.92 Å². The minimum atomic E-state index is -0.0935. The van der Waals surface area contributed by atoms with E-state index in [-0.39, 0.29) is 5.91 Å². The Morgan fingerprint density at radius 3 is 3.06 bits per heavy atom. The van der Waals surface area contributed by atoms with Gasteiger partial charge in [0.2, 0.25) is 0 Å². The Morgan fingerprint density at radius 1 is 1.56 bits per heavy atom. The van der Waals surface area contributed by atoms with E-state index >= 15 is 0 Å². The van der Waals surface area contributed by atoms with Crippen molar-refractivity contribution in [2.75, 3.05) is 6.54 Å². The lowest BCUT2D eigenvalue weighted by atomic mass is 10.3. The summed E-state index contributed by atoms with van der Waals surface area (Å²) in [7, 11) is 0. The number of hydrogen-bond donors (Lipinski definition) is 1. The fourth-order valence-electron chi connectivity index (χ4n) is 1.81. The number of carbonyl (C=O) groups excluding carboxylic acids is 1. The van der Waals surface area contributed by atoms with Crippen LogP contribution in [0.1, 0.15) is 28.9 Å². The monoisotopic (exact) mass is 247 g/mol. The maximum absolute atomic E-state index is 12.0. The SMILES string of the molecule is CCn1nc(C)cc1C(=O)NCCc1ccco1. The van der Waals surface area contributed by atoms with Crippen LogP contribution in [0.15, 0.2) is 28.9 Å². The van der Waals surface area contributed by atoms with Gasteiger partial charge in [-0.15, -0.1) is 0 Å². The van der Waals surface area contributed by atoms with Gasteiger partial charge in [-0.1, -0.05) is 0 Å². The number of nitrogens with zero attached hydrogens (tertiary/aromatic N) is 2. The summed E-state index contributed by atoms with van der Waals surface area (Å²) in [6, 6.07) is 5.53. The number of carbonyl (C=O) groups is 1. The lowest BCUT2D eigenvalue weighted by Crippen LogP contribution is -2.28. The Hall–Kier alpha value is -2.04. The van der Waals surface area contributed by atoms with E-state index in [9.17, 15) is 4.79 Å². The lowest BCUT2D eigenvalue weighted by Gasteiger charge is -2.05. The molecule has 18 heavy (non-hydrogen) atoms. The van der Waals surface area contributed by atoms with Gasteiger partial charge in [0.15, 0.2) is 0 Å². The van der Waals surface area contributed by atoms with E-state index in [1.807, 2.05) is 26.0 Å². The number of furan rings is 1. The van der Waals surface area contributed by atoms with Crippen molar-refractivity contribution >= 4 is 5.91 Å². The molecule has 0 fully saturated rings. The summed E-state index contributed by atoms with van der Waals surface area (Å²) in [5.41, 5.74) is 1.46. The molecule has 2 rings (SSSR count). The summed E-state index contributed by atoms with van der Waals surface area (Å²) in [6.45, 7) is 5.09. The third-order valence-corrected chi connectivity index (χ3v) is 2.67. The number of aromatic nitrogens is 2. The topological polar surface area (TPSA) is 60.1 Å². The summed E-state index contributed by atoms with van der Waals surface area (Å²) >= 11 is 0. The fraction of sp³-hybridized carbons (Fsp3) is 0.385. The second-order valence-corrected chi connectivity index (χ2v) is 4.07. The van der Waals surface area contributed by atoms with Crippen molar-refractivity contribution in [1.82, 2.24) is 15.1 Å². The van der Waals surface area contributed by atoms with Gasteiger partial charge in [0, 0.05) is 19.5 Å². The summed E-state index contributed by atoms with van der Waals surface area (Å²) < 4.78 is 6.91. The average molecular weight is 247 g/mol. The number of aryl methyl sites for hydroxylation is 2. The Kier molecular flexibility index (Phi) is 3.82. The first-order valence-electron chi connectivity index (χ1n) is 6.05. The highest BCUT2D eigenvalue weighted by atomic mass is 16.3. The van der Waals surface area contributed by atoms with Gasteiger partial charge in [-0.25, -0.2) is 0 Å². The second kappa shape index (κ2) is 5.53. The van der Waals surface area contributed by atoms with E-state index in [1.54, 1.807) is 17.0 Å². The van der Waals surface area contributed by atoms with Crippen LogP contribution in [0.25, 0.3) is 0 Å². The van der Waals surface area contributed by atoms with E-state index in [0.29, 0.717) is 25.2 Å². The molecule has 0 spiro atoms. The molecule has 0 saturated heterocycles. The molecule has 0 aliphatic carbocycles. The van der Waals surface area contributed by atoms with Crippen molar-refractivity contribution in [1.29, 1.82) is 0 Å². The molecule has 2 aromatic rings. The van der Waals surface area contributed by atoms with Crippen LogP contribution < -0.4 is 5.32 Å². The van der Waals surface area contributed by atoms with Crippen LogP contribution in [0.2, 0.25) is 0 Å². The first-order valence-corrected chi connectivity index (χ1v) is 6.05. The van der Waals surface area contributed by atoms with Gasteiger partial charge in [-0.05, 0) is 32.0 Å². The molecule has 2 aromatic heterocycles. The fourth-order valence-corrected chi connectivity index (χ4v) is 1.81. The van der Waals surface area contributed by atoms with Gasteiger partial charge in [0.25, 0.3) is 5.91 Å². The van der Waals surface area contributed by atoms with Crippen LogP contribution in [-0.2, 0) is 13.0 Å². The first kappa shape index (κ1) is 12.4. The average Bonchev–Trinajstić information content (AvgIpc) is 2.98. The summed E-state index contributed by atoms with van der Waals surface area (Å²) in [4.78, 5) is 12.0. The number of nitrogens with one attached hydrogen (secondary N) is 1. The molecule has 0 atom stereocenters. The number of hydrogen-bond acceptors (Lipinski definition) is 3. The smallest absolute Gasteiger partial charge is 0.269 e. The zero-order valence-electron chi connectivity index (χ0n) is 10.6. The van der Waals surface area contributed by atoms with E-state index in [2.05, 4.69) is 10.4 Å². The summed E-state index contributed by atoms with van der Waals surface area (Å²) in [5.74, 6) is 0.777. The highest BCUT2D eigenvalue weighted by Gasteiger charge is 2.12. The van der Waals surface area contributed by atoms with Crippen molar-refractivity contribution in [2.24, 2.45) is 0 Å². The molecular weight excluding hydrogens is 230 g/mol. The molecule has 0 aromatic carbocycles. The van der Waals surface area contributed by atoms with Crippen LogP contribution in [0.3, 0.4) is 0 Å². The predicted octanol–water partition coefficient (Wildman–Crippen LogP) is 1.78. The Balaban J connectivity index is 1.91.